The first-order valence-electron chi connectivity index (χ1n) is 7.22. The Morgan fingerprint density at radius 2 is 1.62 bits per heavy atom. The van der Waals surface area contributed by atoms with E-state index in [1.54, 1.807) is 13.8 Å². The van der Waals surface area contributed by atoms with Crippen molar-refractivity contribution in [3.63, 3.8) is 0 Å². The van der Waals surface area contributed by atoms with Gasteiger partial charge in [-0.25, -0.2) is 4.79 Å². The monoisotopic (exact) mass is 364 g/mol. The number of aliphatic hydroxyl groups is 1. The molecule has 11 heteroatoms. The number of amides is 3. The van der Waals surface area contributed by atoms with Gasteiger partial charge in [-0.15, -0.1) is 0 Å². The van der Waals surface area contributed by atoms with E-state index in [0.29, 0.717) is 0 Å². The molecule has 0 fully saturated rings. The molecule has 0 rings (SSSR count). The number of carboxylic acid groups (broad SMARTS) is 1. The minimum absolute atomic E-state index is 0.119. The largest absolute Gasteiger partial charge is 0.480 e. The Morgan fingerprint density at radius 3 is 2.00 bits per heavy atom. The Kier molecular flexibility index (Phi) is 10.0. The quantitative estimate of drug-likeness (QED) is 0.203. The van der Waals surface area contributed by atoms with Crippen LogP contribution in [0.25, 0.3) is 0 Å². The number of rotatable bonds is 10. The van der Waals surface area contributed by atoms with Gasteiger partial charge in [-0.2, -0.15) is 12.6 Å². The van der Waals surface area contributed by atoms with Gasteiger partial charge >= 0.3 is 5.97 Å². The maximum atomic E-state index is 12.2. The zero-order chi connectivity index (χ0) is 18.9. The van der Waals surface area contributed by atoms with Gasteiger partial charge < -0.3 is 31.9 Å². The molecule has 3 atom stereocenters. The number of thiol groups is 1. The Balaban J connectivity index is 4.99. The average Bonchev–Trinajstić information content (AvgIpc) is 2.53. The molecule has 0 spiro atoms. The first-order valence-corrected chi connectivity index (χ1v) is 7.85. The van der Waals surface area contributed by atoms with Gasteiger partial charge in [0, 0.05) is 5.75 Å². The highest BCUT2D eigenvalue weighted by Crippen LogP contribution is 2.04. The molecule has 0 aliphatic rings. The molecule has 0 aromatic rings. The summed E-state index contributed by atoms with van der Waals surface area (Å²) in [5.74, 6) is -3.88. The topological polar surface area (TPSA) is 171 Å². The predicted octanol–water partition coefficient (Wildman–Crippen LogP) is -2.94. The van der Waals surface area contributed by atoms with E-state index < -0.39 is 48.4 Å². The van der Waals surface area contributed by atoms with E-state index in [-0.39, 0.29) is 18.2 Å². The molecular formula is C13H24N4O6S. The van der Waals surface area contributed by atoms with Crippen LogP contribution in [-0.2, 0) is 19.2 Å². The molecule has 0 aliphatic carbocycles. The molecule has 7 N–H and O–H groups in total. The van der Waals surface area contributed by atoms with Crippen molar-refractivity contribution in [2.45, 2.75) is 32.0 Å². The molecule has 0 aliphatic heterocycles. The van der Waals surface area contributed by atoms with Gasteiger partial charge in [-0.1, -0.05) is 13.8 Å². The van der Waals surface area contributed by atoms with E-state index >= 15 is 0 Å². The lowest BCUT2D eigenvalue weighted by Gasteiger charge is -2.25. The Hall–Kier alpha value is -1.85. The third-order valence-corrected chi connectivity index (χ3v) is 3.43. The second-order valence-corrected chi connectivity index (χ2v) is 5.68. The molecule has 0 aromatic carbocycles. The number of aliphatic hydroxyl groups excluding tert-OH is 1. The first-order chi connectivity index (χ1) is 11.2. The number of carbonyl (C=O) groups excluding carboxylic acids is 3. The SMILES string of the molecule is CC(C)C(NC(=O)C(CO)NC(=O)CN)C(=O)NC(CS)C(=O)O. The van der Waals surface area contributed by atoms with E-state index in [2.05, 4.69) is 28.6 Å². The molecule has 0 radical (unpaired) electrons. The van der Waals surface area contributed by atoms with E-state index in [1.165, 1.54) is 0 Å². The minimum atomic E-state index is -1.27. The van der Waals surface area contributed by atoms with Crippen molar-refractivity contribution in [2.75, 3.05) is 18.9 Å². The van der Waals surface area contributed by atoms with Gasteiger partial charge in [-0.05, 0) is 5.92 Å². The van der Waals surface area contributed by atoms with Gasteiger partial charge in [0.25, 0.3) is 0 Å². The zero-order valence-corrected chi connectivity index (χ0v) is 14.4. The number of carbonyl (C=O) groups is 4. The summed E-state index contributed by atoms with van der Waals surface area (Å²) >= 11 is 3.84. The lowest BCUT2D eigenvalue weighted by atomic mass is 10.0. The Bertz CT molecular complexity index is 473. The molecule has 10 nitrogen and oxygen atoms in total. The van der Waals surface area contributed by atoms with Crippen molar-refractivity contribution in [3.8, 4) is 0 Å². The summed E-state index contributed by atoms with van der Waals surface area (Å²) in [7, 11) is 0. The fraction of sp³-hybridized carbons (Fsp3) is 0.692. The first kappa shape index (κ1) is 22.1. The Morgan fingerprint density at radius 1 is 1.04 bits per heavy atom. The van der Waals surface area contributed by atoms with Gasteiger partial charge in [0.1, 0.15) is 18.1 Å². The summed E-state index contributed by atoms with van der Waals surface area (Å²) < 4.78 is 0. The molecule has 3 amide bonds. The maximum absolute atomic E-state index is 12.2. The van der Waals surface area contributed by atoms with Crippen molar-refractivity contribution in [3.05, 3.63) is 0 Å². The van der Waals surface area contributed by atoms with Crippen LogP contribution in [0.2, 0.25) is 0 Å². The van der Waals surface area contributed by atoms with Gasteiger partial charge in [0.2, 0.25) is 17.7 Å². The number of hydrogen-bond donors (Lipinski definition) is 7. The zero-order valence-electron chi connectivity index (χ0n) is 13.5. The normalized spacial score (nSPS) is 14.4. The summed E-state index contributed by atoms with van der Waals surface area (Å²) in [6.45, 7) is 2.25. The lowest BCUT2D eigenvalue weighted by Crippen LogP contribution is -2.58. The summed E-state index contributed by atoms with van der Waals surface area (Å²) in [4.78, 5) is 46.5. The summed E-state index contributed by atoms with van der Waals surface area (Å²) in [5.41, 5.74) is 5.12. The summed E-state index contributed by atoms with van der Waals surface area (Å²) in [6, 6.07) is -3.53. The number of nitrogens with two attached hydrogens (primary N) is 1. The molecule has 3 unspecified atom stereocenters. The third-order valence-electron chi connectivity index (χ3n) is 3.06. The lowest BCUT2D eigenvalue weighted by molar-refractivity contribution is -0.142. The highest BCUT2D eigenvalue weighted by Gasteiger charge is 2.30. The Labute approximate surface area is 144 Å². The van der Waals surface area contributed by atoms with Gasteiger partial charge in [0.05, 0.1) is 13.2 Å². The fourth-order valence-corrected chi connectivity index (χ4v) is 1.93. The second kappa shape index (κ2) is 10.8. The minimum Gasteiger partial charge on any atom is -0.480 e. The average molecular weight is 364 g/mol. The fourth-order valence-electron chi connectivity index (χ4n) is 1.68. The number of hydrogen-bond acceptors (Lipinski definition) is 7. The smallest absolute Gasteiger partial charge is 0.327 e. The van der Waals surface area contributed by atoms with Crippen LogP contribution in [0.5, 0.6) is 0 Å². The predicted molar refractivity (Wildman–Crippen MR) is 88.3 cm³/mol. The molecule has 0 aromatic heterocycles. The molecule has 0 heterocycles. The van der Waals surface area contributed by atoms with E-state index in [0.717, 1.165) is 0 Å². The van der Waals surface area contributed by atoms with Crippen LogP contribution in [-0.4, -0.2) is 70.9 Å². The standard InChI is InChI=1S/C13H24N4O6S/c1-6(2)10(12(21)16-8(5-24)13(22)23)17-11(20)7(4-18)15-9(19)3-14/h6-8,10,18,24H,3-5,14H2,1-2H3,(H,15,19)(H,16,21)(H,17,20)(H,22,23). The number of aliphatic carboxylic acids is 1. The van der Waals surface area contributed by atoms with E-state index in [1.807, 2.05) is 0 Å². The maximum Gasteiger partial charge on any atom is 0.327 e. The number of carboxylic acids is 1. The van der Waals surface area contributed by atoms with Crippen molar-refractivity contribution in [1.82, 2.24) is 16.0 Å². The van der Waals surface area contributed by atoms with E-state index in [9.17, 15) is 24.3 Å². The van der Waals surface area contributed by atoms with Crippen molar-refractivity contribution in [2.24, 2.45) is 11.7 Å². The molecule has 0 bridgehead atoms. The summed E-state index contributed by atoms with van der Waals surface area (Å²) in [5, 5.41) is 25.0. The van der Waals surface area contributed by atoms with Crippen LogP contribution in [0.4, 0.5) is 0 Å². The van der Waals surface area contributed by atoms with Crippen LogP contribution in [0.15, 0.2) is 0 Å². The van der Waals surface area contributed by atoms with Crippen LogP contribution in [0.1, 0.15) is 13.8 Å². The highest BCUT2D eigenvalue weighted by atomic mass is 32.1. The van der Waals surface area contributed by atoms with Crippen molar-refractivity contribution < 1.29 is 29.4 Å². The van der Waals surface area contributed by atoms with Crippen molar-refractivity contribution in [1.29, 1.82) is 0 Å². The molecule has 0 saturated heterocycles. The molecule has 24 heavy (non-hydrogen) atoms. The van der Waals surface area contributed by atoms with E-state index in [4.69, 9.17) is 10.8 Å². The van der Waals surface area contributed by atoms with Crippen LogP contribution >= 0.6 is 12.6 Å². The summed E-state index contributed by atoms with van der Waals surface area (Å²) in [6.07, 6.45) is 0. The van der Waals surface area contributed by atoms with Crippen molar-refractivity contribution >= 4 is 36.3 Å². The highest BCUT2D eigenvalue weighted by molar-refractivity contribution is 7.80. The molecular weight excluding hydrogens is 340 g/mol. The third kappa shape index (κ3) is 7.15. The molecule has 138 valence electrons. The van der Waals surface area contributed by atoms with Crippen LogP contribution in [0, 0.1) is 5.92 Å². The van der Waals surface area contributed by atoms with Crippen LogP contribution in [0.3, 0.4) is 0 Å². The van der Waals surface area contributed by atoms with Gasteiger partial charge in [0.15, 0.2) is 0 Å². The van der Waals surface area contributed by atoms with Gasteiger partial charge in [-0.3, -0.25) is 14.4 Å². The van der Waals surface area contributed by atoms with Crippen LogP contribution < -0.4 is 21.7 Å². The molecule has 0 saturated carbocycles. The number of nitrogens with one attached hydrogen (secondary N) is 3. The second-order valence-electron chi connectivity index (χ2n) is 5.32.